The van der Waals surface area contributed by atoms with Crippen molar-refractivity contribution in [1.82, 2.24) is 5.32 Å². The Morgan fingerprint density at radius 3 is 2.38 bits per heavy atom. The molecule has 24 heavy (non-hydrogen) atoms. The average Bonchev–Trinajstić information content (AvgIpc) is 3.39. The van der Waals surface area contributed by atoms with Crippen molar-refractivity contribution < 1.29 is 23.1 Å². The molecule has 0 aromatic heterocycles. The number of carbonyl (C=O) groups excluding carboxylic acids is 2. The van der Waals surface area contributed by atoms with Gasteiger partial charge in [-0.2, -0.15) is 0 Å². The van der Waals surface area contributed by atoms with Crippen LogP contribution in [-0.2, 0) is 9.53 Å². The molecule has 0 spiro atoms. The first kappa shape index (κ1) is 16.1. The van der Waals surface area contributed by atoms with Crippen LogP contribution >= 0.6 is 0 Å². The highest BCUT2D eigenvalue weighted by atomic mass is 19.2. The van der Waals surface area contributed by atoms with E-state index in [1.807, 2.05) is 0 Å². The molecule has 0 heterocycles. The number of hydrogen-bond donors (Lipinski definition) is 1. The molecule has 0 bridgehead atoms. The van der Waals surface area contributed by atoms with Gasteiger partial charge in [-0.05, 0) is 31.0 Å². The van der Waals surface area contributed by atoms with E-state index in [4.69, 9.17) is 4.74 Å². The van der Waals surface area contributed by atoms with Crippen molar-refractivity contribution in [3.8, 4) is 0 Å². The van der Waals surface area contributed by atoms with Gasteiger partial charge < -0.3 is 10.1 Å². The number of esters is 1. The van der Waals surface area contributed by atoms with E-state index in [-0.39, 0.29) is 11.6 Å². The van der Waals surface area contributed by atoms with Gasteiger partial charge in [-0.1, -0.05) is 30.3 Å². The summed E-state index contributed by atoms with van der Waals surface area (Å²) >= 11 is 0. The molecule has 3 rings (SSSR count). The fraction of sp³-hybridized carbons (Fsp3) is 0.222. The molecule has 1 saturated carbocycles. The molecule has 2 aromatic rings. The lowest BCUT2D eigenvalue weighted by atomic mass is 10.1. The highest BCUT2D eigenvalue weighted by Gasteiger charge is 2.31. The second kappa shape index (κ2) is 6.78. The summed E-state index contributed by atoms with van der Waals surface area (Å²) in [6.07, 6.45) is 0.641. The van der Waals surface area contributed by atoms with Gasteiger partial charge in [0.15, 0.2) is 11.6 Å². The Hall–Kier alpha value is -2.76. The van der Waals surface area contributed by atoms with E-state index >= 15 is 0 Å². The molecule has 1 atom stereocenters. The summed E-state index contributed by atoms with van der Waals surface area (Å²) < 4.78 is 31.5. The molecule has 0 aliphatic heterocycles. The number of benzene rings is 2. The molecule has 0 radical (unpaired) electrons. The zero-order valence-corrected chi connectivity index (χ0v) is 12.7. The van der Waals surface area contributed by atoms with Crippen LogP contribution < -0.4 is 5.32 Å². The summed E-state index contributed by atoms with van der Waals surface area (Å²) in [6.45, 7) is 0. The lowest BCUT2D eigenvalue weighted by molar-refractivity contribution is -0.130. The molecule has 1 aliphatic rings. The number of rotatable bonds is 5. The first-order valence-corrected chi connectivity index (χ1v) is 7.56. The van der Waals surface area contributed by atoms with Gasteiger partial charge in [0.2, 0.25) is 6.10 Å². The molecule has 1 amide bonds. The Kier molecular flexibility index (Phi) is 4.55. The Morgan fingerprint density at radius 1 is 1.04 bits per heavy atom. The Labute approximate surface area is 137 Å². The van der Waals surface area contributed by atoms with Crippen LogP contribution in [0.5, 0.6) is 0 Å². The fourth-order valence-corrected chi connectivity index (χ4v) is 2.20. The van der Waals surface area contributed by atoms with E-state index in [2.05, 4.69) is 5.32 Å². The molecule has 1 fully saturated rings. The van der Waals surface area contributed by atoms with E-state index in [1.165, 1.54) is 0 Å². The highest BCUT2D eigenvalue weighted by molar-refractivity contribution is 5.92. The maximum absolute atomic E-state index is 13.3. The first-order chi connectivity index (χ1) is 11.5. The molecule has 6 heteroatoms. The van der Waals surface area contributed by atoms with Crippen LogP contribution in [-0.4, -0.2) is 17.9 Å². The summed E-state index contributed by atoms with van der Waals surface area (Å²) in [5.74, 6) is -3.53. The van der Waals surface area contributed by atoms with Gasteiger partial charge in [-0.15, -0.1) is 0 Å². The smallest absolute Gasteiger partial charge is 0.339 e. The van der Waals surface area contributed by atoms with Crippen LogP contribution in [0.25, 0.3) is 0 Å². The van der Waals surface area contributed by atoms with Gasteiger partial charge >= 0.3 is 5.97 Å². The van der Waals surface area contributed by atoms with Crippen molar-refractivity contribution in [1.29, 1.82) is 0 Å². The van der Waals surface area contributed by atoms with Gasteiger partial charge in [-0.25, -0.2) is 13.6 Å². The third-order valence-electron chi connectivity index (χ3n) is 3.64. The number of hydrogen-bond acceptors (Lipinski definition) is 3. The van der Waals surface area contributed by atoms with Gasteiger partial charge in [0.05, 0.1) is 5.56 Å². The number of ether oxygens (including phenoxy) is 1. The van der Waals surface area contributed by atoms with Crippen LogP contribution in [0.1, 0.15) is 34.9 Å². The zero-order valence-electron chi connectivity index (χ0n) is 12.7. The Balaban J connectivity index is 1.81. The van der Waals surface area contributed by atoms with E-state index in [0.717, 1.165) is 31.0 Å². The second-order valence-corrected chi connectivity index (χ2v) is 5.61. The second-order valence-electron chi connectivity index (χ2n) is 5.61. The summed E-state index contributed by atoms with van der Waals surface area (Å²) in [4.78, 5) is 24.6. The van der Waals surface area contributed by atoms with E-state index < -0.39 is 29.6 Å². The topological polar surface area (TPSA) is 55.4 Å². The summed E-state index contributed by atoms with van der Waals surface area (Å²) in [5, 5.41) is 2.78. The molecule has 1 aliphatic carbocycles. The largest absolute Gasteiger partial charge is 0.444 e. The van der Waals surface area contributed by atoms with Crippen LogP contribution in [0.4, 0.5) is 8.78 Å². The van der Waals surface area contributed by atoms with Crippen LogP contribution in [0.15, 0.2) is 48.5 Å². The minimum Gasteiger partial charge on any atom is -0.444 e. The van der Waals surface area contributed by atoms with Crippen molar-refractivity contribution in [2.24, 2.45) is 0 Å². The van der Waals surface area contributed by atoms with Crippen molar-refractivity contribution in [3.63, 3.8) is 0 Å². The molecular formula is C18H15F2NO3. The average molecular weight is 331 g/mol. The molecule has 124 valence electrons. The lowest BCUT2D eigenvalue weighted by Crippen LogP contribution is -2.33. The maximum Gasteiger partial charge on any atom is 0.339 e. The quantitative estimate of drug-likeness (QED) is 0.857. The molecule has 0 unspecified atom stereocenters. The molecule has 1 N–H and O–H groups in total. The van der Waals surface area contributed by atoms with Crippen molar-refractivity contribution in [3.05, 3.63) is 71.3 Å². The summed E-state index contributed by atoms with van der Waals surface area (Å²) in [5.41, 5.74) is 0.348. The number of halogens is 2. The van der Waals surface area contributed by atoms with Gasteiger partial charge in [0.25, 0.3) is 5.91 Å². The van der Waals surface area contributed by atoms with Gasteiger partial charge in [0, 0.05) is 11.6 Å². The Morgan fingerprint density at radius 2 is 1.75 bits per heavy atom. The molecular weight excluding hydrogens is 316 g/mol. The minimum atomic E-state index is -1.15. The van der Waals surface area contributed by atoms with E-state index in [0.29, 0.717) is 5.56 Å². The SMILES string of the molecule is O=C(O[C@H](C(=O)NC1CC1)c1ccccc1)c1ccc(F)c(F)c1. The normalized spacial score (nSPS) is 14.8. The van der Waals surface area contributed by atoms with Crippen LogP contribution in [0.2, 0.25) is 0 Å². The number of carbonyl (C=O) groups is 2. The van der Waals surface area contributed by atoms with Gasteiger partial charge in [0.1, 0.15) is 0 Å². The molecule has 2 aromatic carbocycles. The maximum atomic E-state index is 13.3. The summed E-state index contributed by atoms with van der Waals surface area (Å²) in [7, 11) is 0. The van der Waals surface area contributed by atoms with Crippen molar-refractivity contribution in [2.75, 3.05) is 0 Å². The molecule has 0 saturated heterocycles. The van der Waals surface area contributed by atoms with E-state index in [9.17, 15) is 18.4 Å². The monoisotopic (exact) mass is 331 g/mol. The minimum absolute atomic E-state index is 0.102. The fourth-order valence-electron chi connectivity index (χ4n) is 2.20. The summed E-state index contributed by atoms with van der Waals surface area (Å²) in [6, 6.07) is 11.3. The predicted molar refractivity (Wildman–Crippen MR) is 82.1 cm³/mol. The van der Waals surface area contributed by atoms with Gasteiger partial charge in [-0.3, -0.25) is 4.79 Å². The lowest BCUT2D eigenvalue weighted by Gasteiger charge is -2.18. The zero-order chi connectivity index (χ0) is 17.1. The highest BCUT2D eigenvalue weighted by Crippen LogP contribution is 2.24. The third-order valence-corrected chi connectivity index (χ3v) is 3.64. The van der Waals surface area contributed by atoms with Crippen molar-refractivity contribution in [2.45, 2.75) is 25.0 Å². The van der Waals surface area contributed by atoms with Crippen LogP contribution in [0, 0.1) is 11.6 Å². The third kappa shape index (κ3) is 3.76. The standard InChI is InChI=1S/C18H15F2NO3/c19-14-9-6-12(10-15(14)20)18(23)24-16(11-4-2-1-3-5-11)17(22)21-13-7-8-13/h1-6,9-10,13,16H,7-8H2,(H,21,22)/t16-/m0/s1. The van der Waals surface area contributed by atoms with E-state index in [1.54, 1.807) is 30.3 Å². The van der Waals surface area contributed by atoms with Crippen LogP contribution in [0.3, 0.4) is 0 Å². The Bertz CT molecular complexity index is 760. The number of amides is 1. The van der Waals surface area contributed by atoms with Crippen molar-refractivity contribution >= 4 is 11.9 Å². The first-order valence-electron chi connectivity index (χ1n) is 7.56. The molecule has 4 nitrogen and oxygen atoms in total. The predicted octanol–water partition coefficient (Wildman–Crippen LogP) is 3.14. The number of nitrogens with one attached hydrogen (secondary N) is 1.